The van der Waals surface area contributed by atoms with Crippen molar-refractivity contribution in [2.24, 2.45) is 4.99 Å². The Morgan fingerprint density at radius 1 is 0.969 bits per heavy atom. The normalized spacial score (nSPS) is 11.5. The lowest BCUT2D eigenvalue weighted by Crippen LogP contribution is -2.29. The highest BCUT2D eigenvalue weighted by atomic mass is 16.3. The first-order chi connectivity index (χ1) is 15.7. The topological polar surface area (TPSA) is 89.5 Å². The van der Waals surface area contributed by atoms with Crippen LogP contribution in [-0.2, 0) is 0 Å². The summed E-state index contributed by atoms with van der Waals surface area (Å²) in [6.07, 6.45) is 1.98. The zero-order valence-corrected chi connectivity index (χ0v) is 17.9. The molecule has 1 aromatic heterocycles. The largest absolute Gasteiger partial charge is 0.494 e. The number of rotatable bonds is 7. The lowest BCUT2D eigenvalue weighted by atomic mass is 10.0. The van der Waals surface area contributed by atoms with Crippen LogP contribution >= 0.6 is 0 Å². The molecule has 6 heteroatoms. The molecule has 0 saturated heterocycles. The summed E-state index contributed by atoms with van der Waals surface area (Å²) >= 11 is 0. The van der Waals surface area contributed by atoms with E-state index in [2.05, 4.69) is 22.5 Å². The third kappa shape index (κ3) is 4.81. The molecule has 0 spiro atoms. The number of urea groups is 1. The zero-order chi connectivity index (χ0) is 22.3. The quantitative estimate of drug-likeness (QED) is 0.217. The molecule has 4 N–H and O–H groups in total. The predicted octanol–water partition coefficient (Wildman–Crippen LogP) is 5.96. The number of hydrogen-bond donors (Lipinski definition) is 4. The minimum absolute atomic E-state index is 0.0795. The first-order valence-electron chi connectivity index (χ1n) is 10.7. The van der Waals surface area contributed by atoms with Gasteiger partial charge >= 0.3 is 6.03 Å². The number of hydrogen-bond acceptors (Lipinski definition) is 3. The summed E-state index contributed by atoms with van der Waals surface area (Å²) in [5.41, 5.74) is 4.46. The van der Waals surface area contributed by atoms with E-state index >= 15 is 0 Å². The Morgan fingerprint density at radius 3 is 2.44 bits per heavy atom. The third-order valence-electron chi connectivity index (χ3n) is 5.15. The minimum Gasteiger partial charge on any atom is -0.494 e. The van der Waals surface area contributed by atoms with Crippen LogP contribution in [0.25, 0.3) is 10.9 Å². The van der Waals surface area contributed by atoms with Crippen molar-refractivity contribution >= 4 is 34.0 Å². The summed E-state index contributed by atoms with van der Waals surface area (Å²) in [6, 6.07) is 24.6. The Labute approximate surface area is 187 Å². The van der Waals surface area contributed by atoms with Gasteiger partial charge in [-0.25, -0.2) is 9.79 Å². The van der Waals surface area contributed by atoms with Crippen molar-refractivity contribution < 1.29 is 9.90 Å². The van der Waals surface area contributed by atoms with Crippen molar-refractivity contribution in [1.29, 1.82) is 0 Å². The van der Waals surface area contributed by atoms with Gasteiger partial charge in [0, 0.05) is 28.7 Å². The van der Waals surface area contributed by atoms with Crippen molar-refractivity contribution in [3.05, 3.63) is 90.0 Å². The van der Waals surface area contributed by atoms with Gasteiger partial charge in [0.25, 0.3) is 0 Å². The van der Waals surface area contributed by atoms with Crippen molar-refractivity contribution in [3.63, 3.8) is 0 Å². The highest BCUT2D eigenvalue weighted by Gasteiger charge is 2.18. The molecule has 2 amide bonds. The highest BCUT2D eigenvalue weighted by Crippen LogP contribution is 2.31. The Bertz CT molecular complexity index is 1230. The van der Waals surface area contributed by atoms with Gasteiger partial charge < -0.3 is 20.7 Å². The van der Waals surface area contributed by atoms with E-state index in [9.17, 15) is 9.90 Å². The Morgan fingerprint density at radius 2 is 1.69 bits per heavy atom. The van der Waals surface area contributed by atoms with Gasteiger partial charge in [0.15, 0.2) is 5.88 Å². The van der Waals surface area contributed by atoms with Crippen LogP contribution < -0.4 is 10.6 Å². The standard InChI is InChI=1S/C26H26N4O2/c1-2-3-17-27-26(32)29-20-15-13-19(14-16-20)28-24(18-9-5-4-6-10-18)23-21-11-7-8-12-22(21)30-25(23)31/h4-16,30-31H,2-3,17H2,1H3,(H2,27,29,32). The Kier molecular flexibility index (Phi) is 6.51. The molecule has 0 saturated carbocycles. The Hall–Kier alpha value is -4.06. The molecule has 0 unspecified atom stereocenters. The smallest absolute Gasteiger partial charge is 0.319 e. The Balaban J connectivity index is 1.66. The summed E-state index contributed by atoms with van der Waals surface area (Å²) in [4.78, 5) is 19.9. The first kappa shape index (κ1) is 21.2. The summed E-state index contributed by atoms with van der Waals surface area (Å²) in [7, 11) is 0. The molecule has 0 bridgehead atoms. The summed E-state index contributed by atoms with van der Waals surface area (Å²) < 4.78 is 0. The van der Waals surface area contributed by atoms with Crippen molar-refractivity contribution in [3.8, 4) is 5.88 Å². The van der Waals surface area contributed by atoms with Crippen LogP contribution in [0.15, 0.2) is 83.9 Å². The molecular formula is C26H26N4O2. The molecule has 4 rings (SSSR count). The van der Waals surface area contributed by atoms with Gasteiger partial charge in [-0.05, 0) is 36.8 Å². The predicted molar refractivity (Wildman–Crippen MR) is 130 cm³/mol. The van der Waals surface area contributed by atoms with E-state index in [1.54, 1.807) is 0 Å². The van der Waals surface area contributed by atoms with Crippen molar-refractivity contribution in [2.75, 3.05) is 11.9 Å². The molecule has 0 radical (unpaired) electrons. The van der Waals surface area contributed by atoms with Gasteiger partial charge in [-0.1, -0.05) is 61.9 Å². The van der Waals surface area contributed by atoms with Gasteiger partial charge in [-0.2, -0.15) is 0 Å². The number of fused-ring (bicyclic) bond motifs is 1. The van der Waals surface area contributed by atoms with Crippen LogP contribution in [0.2, 0.25) is 0 Å². The average molecular weight is 427 g/mol. The van der Waals surface area contributed by atoms with Crippen LogP contribution in [0.4, 0.5) is 16.2 Å². The molecule has 0 aliphatic heterocycles. The molecule has 1 heterocycles. The van der Waals surface area contributed by atoms with Crippen LogP contribution in [-0.4, -0.2) is 28.4 Å². The number of aromatic nitrogens is 1. The molecule has 3 aromatic carbocycles. The fourth-order valence-electron chi connectivity index (χ4n) is 3.53. The number of H-pyrrole nitrogens is 1. The average Bonchev–Trinajstić information content (AvgIpc) is 3.15. The van der Waals surface area contributed by atoms with Crippen LogP contribution in [0.3, 0.4) is 0 Å². The van der Waals surface area contributed by atoms with E-state index < -0.39 is 0 Å². The maximum Gasteiger partial charge on any atom is 0.319 e. The number of anilines is 1. The number of carbonyl (C=O) groups is 1. The van der Waals surface area contributed by atoms with Crippen LogP contribution in [0.1, 0.15) is 30.9 Å². The highest BCUT2D eigenvalue weighted by molar-refractivity contribution is 6.21. The number of nitrogens with zero attached hydrogens (tertiary/aromatic N) is 1. The molecule has 6 nitrogen and oxygen atoms in total. The molecule has 32 heavy (non-hydrogen) atoms. The van der Waals surface area contributed by atoms with E-state index in [1.807, 2.05) is 78.9 Å². The molecule has 0 aliphatic carbocycles. The first-order valence-corrected chi connectivity index (χ1v) is 10.7. The van der Waals surface area contributed by atoms with Gasteiger partial charge in [-0.15, -0.1) is 0 Å². The van der Waals surface area contributed by atoms with Gasteiger partial charge in [0.05, 0.1) is 17.0 Å². The second-order valence-electron chi connectivity index (χ2n) is 7.50. The van der Waals surface area contributed by atoms with E-state index in [0.29, 0.717) is 29.2 Å². The molecule has 0 atom stereocenters. The number of aromatic amines is 1. The SMILES string of the molecule is CCCCNC(=O)Nc1ccc(N=C(c2ccccc2)c2c(O)[nH]c3ccccc23)cc1. The fourth-order valence-corrected chi connectivity index (χ4v) is 3.53. The number of para-hydroxylation sites is 1. The molecule has 162 valence electrons. The van der Waals surface area contributed by atoms with Crippen molar-refractivity contribution in [1.82, 2.24) is 10.3 Å². The third-order valence-corrected chi connectivity index (χ3v) is 5.15. The number of amides is 2. The fraction of sp³-hybridized carbons (Fsp3) is 0.154. The number of unbranched alkanes of at least 4 members (excludes halogenated alkanes) is 1. The molecule has 0 fully saturated rings. The van der Waals surface area contributed by atoms with E-state index in [-0.39, 0.29) is 11.9 Å². The number of aliphatic imine (C=N–C) groups is 1. The van der Waals surface area contributed by atoms with Gasteiger partial charge in [0.2, 0.25) is 0 Å². The van der Waals surface area contributed by atoms with E-state index in [4.69, 9.17) is 4.99 Å². The van der Waals surface area contributed by atoms with E-state index in [0.717, 1.165) is 29.3 Å². The van der Waals surface area contributed by atoms with Crippen LogP contribution in [0, 0.1) is 0 Å². The summed E-state index contributed by atoms with van der Waals surface area (Å²) in [6.45, 7) is 2.73. The van der Waals surface area contributed by atoms with Gasteiger partial charge in [-0.3, -0.25) is 0 Å². The molecular weight excluding hydrogens is 400 g/mol. The lowest BCUT2D eigenvalue weighted by Gasteiger charge is -2.09. The maximum atomic E-state index is 12.0. The number of aromatic hydroxyl groups is 1. The molecule has 0 aliphatic rings. The minimum atomic E-state index is -0.219. The number of benzene rings is 3. The number of nitrogens with one attached hydrogen (secondary N) is 3. The number of carbonyl (C=O) groups excluding carboxylic acids is 1. The molecule has 4 aromatic rings. The summed E-state index contributed by atoms with van der Waals surface area (Å²) in [5, 5.41) is 17.2. The van der Waals surface area contributed by atoms with Gasteiger partial charge in [0.1, 0.15) is 0 Å². The van der Waals surface area contributed by atoms with E-state index in [1.165, 1.54) is 0 Å². The maximum absolute atomic E-state index is 12.0. The second-order valence-corrected chi connectivity index (χ2v) is 7.50. The summed E-state index contributed by atoms with van der Waals surface area (Å²) in [5.74, 6) is 0.0795. The lowest BCUT2D eigenvalue weighted by molar-refractivity contribution is 0.252. The zero-order valence-electron chi connectivity index (χ0n) is 17.9. The van der Waals surface area contributed by atoms with Crippen LogP contribution in [0.5, 0.6) is 5.88 Å². The monoisotopic (exact) mass is 426 g/mol. The second kappa shape index (κ2) is 9.83. The van der Waals surface area contributed by atoms with Crippen molar-refractivity contribution in [2.45, 2.75) is 19.8 Å².